The number of nitrogen functional groups attached to an aromatic ring is 1. The highest BCUT2D eigenvalue weighted by atomic mass is 16.7. The Morgan fingerprint density at radius 2 is 1.74 bits per heavy atom. The number of amides is 1. The van der Waals surface area contributed by atoms with Crippen molar-refractivity contribution in [2.24, 2.45) is 0 Å². The van der Waals surface area contributed by atoms with Crippen LogP contribution < -0.4 is 30.7 Å². The highest BCUT2D eigenvalue weighted by molar-refractivity contribution is 5.89. The number of carbonyl (C=O) groups excluding carboxylic acids is 1. The Labute approximate surface area is 197 Å². The summed E-state index contributed by atoms with van der Waals surface area (Å²) in [7, 11) is 0. The average molecular weight is 462 g/mol. The molecule has 1 aromatic heterocycles. The Morgan fingerprint density at radius 3 is 2.50 bits per heavy atom. The number of benzene rings is 2. The maximum atomic E-state index is 11.2. The summed E-state index contributed by atoms with van der Waals surface area (Å²) in [5.74, 6) is 2.80. The second-order valence-electron chi connectivity index (χ2n) is 8.29. The topological polar surface area (TPSA) is 118 Å². The smallest absolute Gasteiger partial charge is 0.231 e. The third-order valence-corrected chi connectivity index (χ3v) is 5.85. The Kier molecular flexibility index (Phi) is 6.05. The maximum Gasteiger partial charge on any atom is 0.231 e. The van der Waals surface area contributed by atoms with Crippen molar-refractivity contribution in [3.05, 3.63) is 54.4 Å². The zero-order valence-corrected chi connectivity index (χ0v) is 19.0. The van der Waals surface area contributed by atoms with Gasteiger partial charge in [0.15, 0.2) is 23.1 Å². The minimum Gasteiger partial charge on any atom is -0.454 e. The lowest BCUT2D eigenvalue weighted by Gasteiger charge is -2.36. The molecule has 2 aliphatic rings. The van der Waals surface area contributed by atoms with Gasteiger partial charge in [0.2, 0.25) is 12.7 Å². The van der Waals surface area contributed by atoms with E-state index in [2.05, 4.69) is 42.5 Å². The number of carbonyl (C=O) groups is 1. The Balaban J connectivity index is 1.20. The monoisotopic (exact) mass is 461 g/mol. The number of nitrogens with one attached hydrogen (secondary N) is 2. The predicted molar refractivity (Wildman–Crippen MR) is 131 cm³/mol. The first kappa shape index (κ1) is 21.8. The van der Waals surface area contributed by atoms with E-state index in [1.165, 1.54) is 18.8 Å². The minimum absolute atomic E-state index is 0.110. The van der Waals surface area contributed by atoms with Crippen molar-refractivity contribution in [1.82, 2.24) is 14.9 Å². The second kappa shape index (κ2) is 9.44. The van der Waals surface area contributed by atoms with E-state index in [-0.39, 0.29) is 12.7 Å². The molecule has 0 radical (unpaired) electrons. The standard InChI is InChI=1S/C24H27N7O3/c1-16(32)28-18-3-5-19(6-4-18)29-23-22(25)24(27-14-26-23)31-10-8-30(9-11-31)13-17-2-7-20-21(12-17)34-15-33-20/h2-7,12,14H,8-11,13,15,25H2,1H3,(H,28,32)(H,26,27,29). The number of nitrogens with zero attached hydrogens (tertiary/aromatic N) is 4. The normalized spacial score (nSPS) is 15.3. The van der Waals surface area contributed by atoms with Crippen LogP contribution in [0.4, 0.5) is 28.7 Å². The zero-order chi connectivity index (χ0) is 23.5. The molecule has 0 atom stereocenters. The van der Waals surface area contributed by atoms with Gasteiger partial charge in [-0.05, 0) is 42.0 Å². The number of aromatic nitrogens is 2. The van der Waals surface area contributed by atoms with Crippen LogP contribution in [0, 0.1) is 0 Å². The summed E-state index contributed by atoms with van der Waals surface area (Å²) in [6.07, 6.45) is 1.53. The fourth-order valence-electron chi connectivity index (χ4n) is 4.13. The molecule has 10 nitrogen and oxygen atoms in total. The molecule has 0 saturated carbocycles. The van der Waals surface area contributed by atoms with Crippen LogP contribution in [0.5, 0.6) is 11.5 Å². The van der Waals surface area contributed by atoms with Crippen LogP contribution >= 0.6 is 0 Å². The number of piperazine rings is 1. The summed E-state index contributed by atoms with van der Waals surface area (Å²) < 4.78 is 10.9. The number of rotatable bonds is 6. The van der Waals surface area contributed by atoms with E-state index < -0.39 is 0 Å². The van der Waals surface area contributed by atoms with E-state index >= 15 is 0 Å². The molecule has 0 bridgehead atoms. The first-order chi connectivity index (χ1) is 16.5. The van der Waals surface area contributed by atoms with Crippen LogP contribution in [0.15, 0.2) is 48.8 Å². The van der Waals surface area contributed by atoms with Crippen LogP contribution in [0.3, 0.4) is 0 Å². The molecular weight excluding hydrogens is 434 g/mol. The van der Waals surface area contributed by atoms with Crippen molar-refractivity contribution in [2.75, 3.05) is 54.2 Å². The summed E-state index contributed by atoms with van der Waals surface area (Å²) in [6, 6.07) is 13.5. The summed E-state index contributed by atoms with van der Waals surface area (Å²) in [6.45, 7) is 6.04. The molecule has 1 saturated heterocycles. The molecule has 1 fully saturated rings. The predicted octanol–water partition coefficient (Wildman–Crippen LogP) is 2.81. The molecule has 176 valence electrons. The molecular formula is C24H27N7O3. The van der Waals surface area contributed by atoms with Gasteiger partial charge in [0.1, 0.15) is 12.0 Å². The molecule has 0 aliphatic carbocycles. The van der Waals surface area contributed by atoms with Crippen LogP contribution in [-0.2, 0) is 11.3 Å². The SMILES string of the molecule is CC(=O)Nc1ccc(Nc2ncnc(N3CCN(Cc4ccc5c(c4)OCO5)CC3)c2N)cc1. The fraction of sp³-hybridized carbons (Fsp3) is 0.292. The van der Waals surface area contributed by atoms with Gasteiger partial charge in [0.25, 0.3) is 0 Å². The van der Waals surface area contributed by atoms with Crippen LogP contribution in [0.25, 0.3) is 0 Å². The van der Waals surface area contributed by atoms with Gasteiger partial charge in [-0.25, -0.2) is 9.97 Å². The van der Waals surface area contributed by atoms with Crippen molar-refractivity contribution in [3.8, 4) is 11.5 Å². The van der Waals surface area contributed by atoms with Crippen molar-refractivity contribution in [2.45, 2.75) is 13.5 Å². The number of fused-ring (bicyclic) bond motifs is 1. The van der Waals surface area contributed by atoms with E-state index in [0.29, 0.717) is 11.5 Å². The van der Waals surface area contributed by atoms with Crippen molar-refractivity contribution >= 4 is 34.6 Å². The van der Waals surface area contributed by atoms with Gasteiger partial charge in [-0.1, -0.05) is 6.07 Å². The maximum absolute atomic E-state index is 11.2. The Morgan fingerprint density at radius 1 is 1.00 bits per heavy atom. The molecule has 2 aliphatic heterocycles. The van der Waals surface area contributed by atoms with Crippen LogP contribution in [0.2, 0.25) is 0 Å². The largest absolute Gasteiger partial charge is 0.454 e. The fourth-order valence-corrected chi connectivity index (χ4v) is 4.13. The number of hydrogen-bond acceptors (Lipinski definition) is 9. The average Bonchev–Trinajstić information content (AvgIpc) is 3.30. The van der Waals surface area contributed by atoms with E-state index in [1.807, 2.05) is 30.3 Å². The zero-order valence-electron chi connectivity index (χ0n) is 19.0. The highest BCUT2D eigenvalue weighted by Gasteiger charge is 2.22. The van der Waals surface area contributed by atoms with Gasteiger partial charge in [0, 0.05) is 51.0 Å². The van der Waals surface area contributed by atoms with E-state index in [4.69, 9.17) is 15.2 Å². The first-order valence-corrected chi connectivity index (χ1v) is 11.2. The quantitative estimate of drug-likeness (QED) is 0.509. The Hall–Kier alpha value is -4.05. The highest BCUT2D eigenvalue weighted by Crippen LogP contribution is 2.33. The van der Waals surface area contributed by atoms with E-state index in [1.54, 1.807) is 0 Å². The van der Waals surface area contributed by atoms with Gasteiger partial charge < -0.3 is 30.7 Å². The van der Waals surface area contributed by atoms with Crippen molar-refractivity contribution < 1.29 is 14.3 Å². The van der Waals surface area contributed by atoms with Gasteiger partial charge in [-0.15, -0.1) is 0 Å². The first-order valence-electron chi connectivity index (χ1n) is 11.2. The van der Waals surface area contributed by atoms with Crippen LogP contribution in [-0.4, -0.2) is 53.7 Å². The summed E-state index contributed by atoms with van der Waals surface area (Å²) in [5.41, 5.74) is 9.71. The van der Waals surface area contributed by atoms with E-state index in [9.17, 15) is 4.79 Å². The van der Waals surface area contributed by atoms with E-state index in [0.717, 1.165) is 61.4 Å². The van der Waals surface area contributed by atoms with Crippen LogP contribution in [0.1, 0.15) is 12.5 Å². The number of nitrogens with two attached hydrogens (primary N) is 1. The lowest BCUT2D eigenvalue weighted by molar-refractivity contribution is -0.114. The molecule has 4 N–H and O–H groups in total. The van der Waals surface area contributed by atoms with Crippen molar-refractivity contribution in [1.29, 1.82) is 0 Å². The van der Waals surface area contributed by atoms with Crippen molar-refractivity contribution in [3.63, 3.8) is 0 Å². The molecule has 1 amide bonds. The lowest BCUT2D eigenvalue weighted by atomic mass is 10.1. The lowest BCUT2D eigenvalue weighted by Crippen LogP contribution is -2.46. The number of ether oxygens (including phenoxy) is 2. The minimum atomic E-state index is -0.110. The molecule has 0 unspecified atom stereocenters. The summed E-state index contributed by atoms with van der Waals surface area (Å²) in [5, 5.41) is 6.00. The summed E-state index contributed by atoms with van der Waals surface area (Å²) >= 11 is 0. The molecule has 5 rings (SSSR count). The molecule has 10 heteroatoms. The van der Waals surface area contributed by atoms with Gasteiger partial charge in [-0.2, -0.15) is 0 Å². The molecule has 3 aromatic rings. The van der Waals surface area contributed by atoms with Gasteiger partial charge in [0.05, 0.1) is 0 Å². The molecule has 34 heavy (non-hydrogen) atoms. The molecule has 3 heterocycles. The summed E-state index contributed by atoms with van der Waals surface area (Å²) in [4.78, 5) is 24.6. The molecule has 2 aromatic carbocycles. The van der Waals surface area contributed by atoms with Gasteiger partial charge in [-0.3, -0.25) is 9.69 Å². The Bertz CT molecular complexity index is 1180. The number of anilines is 5. The molecule has 0 spiro atoms. The number of hydrogen-bond donors (Lipinski definition) is 3. The third-order valence-electron chi connectivity index (χ3n) is 5.85. The van der Waals surface area contributed by atoms with Gasteiger partial charge >= 0.3 is 0 Å². The third kappa shape index (κ3) is 4.81. The second-order valence-corrected chi connectivity index (χ2v) is 8.29.